The molecule has 41 heavy (non-hydrogen) atoms. The van der Waals surface area contributed by atoms with Gasteiger partial charge in [-0.2, -0.15) is 5.01 Å². The first-order valence-electron chi connectivity index (χ1n) is 13.5. The number of hydrogen-bond acceptors (Lipinski definition) is 6. The molecule has 0 unspecified atom stereocenters. The fourth-order valence-corrected chi connectivity index (χ4v) is 5.63. The minimum Gasteiger partial charge on any atom is -0.491 e. The summed E-state index contributed by atoms with van der Waals surface area (Å²) in [5.74, 6) is 2.71. The van der Waals surface area contributed by atoms with E-state index in [1.54, 1.807) is 26.9 Å². The number of carbonyl (C=O) groups is 3. The van der Waals surface area contributed by atoms with Gasteiger partial charge in [0.2, 0.25) is 11.8 Å². The third-order valence-corrected chi connectivity index (χ3v) is 7.52. The lowest BCUT2D eigenvalue weighted by Crippen LogP contribution is -2.65. The molecular weight excluding hydrogens is 522 g/mol. The number of ether oxygens (including phenoxy) is 1. The van der Waals surface area contributed by atoms with E-state index >= 15 is 0 Å². The van der Waals surface area contributed by atoms with Crippen molar-refractivity contribution in [3.05, 3.63) is 77.9 Å². The number of hydrazine groups is 1. The minimum absolute atomic E-state index is 0.0193. The summed E-state index contributed by atoms with van der Waals surface area (Å²) in [4.78, 5) is 43.7. The van der Waals surface area contributed by atoms with E-state index in [2.05, 4.69) is 11.2 Å². The SMILES string of the molecule is C#CCN(C(=O)NC)N1CC(=O)N2[C@@H](Cc3ccc(OCCO)cc3)C(=O)N(Cc3cccc4ccccc34)C[C@@H]21. The molecule has 2 atom stereocenters. The second kappa shape index (κ2) is 12.3. The average molecular weight is 556 g/mol. The molecule has 10 nitrogen and oxygen atoms in total. The fourth-order valence-electron chi connectivity index (χ4n) is 5.63. The van der Waals surface area contributed by atoms with Gasteiger partial charge in [-0.25, -0.2) is 9.80 Å². The Kier molecular flexibility index (Phi) is 8.38. The van der Waals surface area contributed by atoms with Crippen molar-refractivity contribution in [3.63, 3.8) is 0 Å². The molecule has 0 spiro atoms. The molecule has 4 amide bonds. The van der Waals surface area contributed by atoms with E-state index in [-0.39, 0.29) is 51.1 Å². The topological polar surface area (TPSA) is 106 Å². The highest BCUT2D eigenvalue weighted by atomic mass is 16.5. The second-order valence-corrected chi connectivity index (χ2v) is 9.99. The van der Waals surface area contributed by atoms with E-state index in [0.717, 1.165) is 21.9 Å². The molecule has 212 valence electrons. The number of terminal acetylenes is 1. The zero-order valence-corrected chi connectivity index (χ0v) is 22.9. The highest BCUT2D eigenvalue weighted by Crippen LogP contribution is 2.31. The van der Waals surface area contributed by atoms with Crippen LogP contribution in [0.1, 0.15) is 11.1 Å². The molecular formula is C31H33N5O5. The Hall–Kier alpha value is -4.59. The van der Waals surface area contributed by atoms with Gasteiger partial charge in [-0.1, -0.05) is 60.5 Å². The summed E-state index contributed by atoms with van der Waals surface area (Å²) in [6.07, 6.45) is 5.30. The number of nitrogens with zero attached hydrogens (tertiary/aromatic N) is 4. The number of piperazine rings is 1. The number of aliphatic hydroxyl groups excluding tert-OH is 1. The van der Waals surface area contributed by atoms with Gasteiger partial charge in [0, 0.05) is 20.0 Å². The van der Waals surface area contributed by atoms with Crippen LogP contribution in [0.25, 0.3) is 10.8 Å². The van der Waals surface area contributed by atoms with Crippen LogP contribution in [-0.4, -0.2) is 94.9 Å². The van der Waals surface area contributed by atoms with Crippen LogP contribution in [-0.2, 0) is 22.6 Å². The van der Waals surface area contributed by atoms with Crippen LogP contribution in [0.2, 0.25) is 0 Å². The summed E-state index contributed by atoms with van der Waals surface area (Å²) in [5.41, 5.74) is 1.85. The quantitative estimate of drug-likeness (QED) is 0.391. The predicted molar refractivity (Wildman–Crippen MR) is 153 cm³/mol. The van der Waals surface area contributed by atoms with E-state index in [1.165, 1.54) is 12.1 Å². The molecule has 3 aromatic carbocycles. The number of carbonyl (C=O) groups excluding carboxylic acids is 3. The lowest BCUT2D eigenvalue weighted by molar-refractivity contribution is -0.157. The smallest absolute Gasteiger partial charge is 0.332 e. The van der Waals surface area contributed by atoms with Gasteiger partial charge in [-0.3, -0.25) is 9.59 Å². The second-order valence-electron chi connectivity index (χ2n) is 9.99. The summed E-state index contributed by atoms with van der Waals surface area (Å²) < 4.78 is 5.47. The average Bonchev–Trinajstić information content (AvgIpc) is 3.32. The van der Waals surface area contributed by atoms with Crippen molar-refractivity contribution in [2.24, 2.45) is 0 Å². The monoisotopic (exact) mass is 555 g/mol. The van der Waals surface area contributed by atoms with E-state index in [1.807, 2.05) is 54.6 Å². The van der Waals surface area contributed by atoms with E-state index < -0.39 is 18.2 Å². The first-order chi connectivity index (χ1) is 19.9. The Morgan fingerprint density at radius 1 is 1.12 bits per heavy atom. The standard InChI is InChI=1S/C31H33N5O5/c1-3-15-34(31(40)32-2)35-21-29(38)36-27(18-22-11-13-25(14-12-22)41-17-16-37)30(39)33(20-28(35)36)19-24-9-6-8-23-7-4-5-10-26(23)24/h1,4-14,27-28,37H,15-21H2,2H3,(H,32,40)/t27-,28+/m0/s1. The molecule has 10 heteroatoms. The molecule has 0 bridgehead atoms. The van der Waals surface area contributed by atoms with Crippen molar-refractivity contribution >= 4 is 28.6 Å². The molecule has 0 saturated carbocycles. The Labute approximate surface area is 239 Å². The molecule has 2 heterocycles. The van der Waals surface area contributed by atoms with E-state index in [9.17, 15) is 14.4 Å². The summed E-state index contributed by atoms with van der Waals surface area (Å²) in [6.45, 7) is 0.575. The lowest BCUT2D eigenvalue weighted by atomic mass is 9.99. The van der Waals surface area contributed by atoms with Crippen LogP contribution in [0.5, 0.6) is 5.75 Å². The van der Waals surface area contributed by atoms with Crippen LogP contribution in [0.15, 0.2) is 66.7 Å². The third-order valence-electron chi connectivity index (χ3n) is 7.52. The first-order valence-corrected chi connectivity index (χ1v) is 13.5. The maximum Gasteiger partial charge on any atom is 0.332 e. The normalized spacial score (nSPS) is 18.8. The van der Waals surface area contributed by atoms with Crippen LogP contribution < -0.4 is 10.1 Å². The lowest BCUT2D eigenvalue weighted by Gasteiger charge is -2.46. The van der Waals surface area contributed by atoms with Crippen molar-refractivity contribution < 1.29 is 24.2 Å². The summed E-state index contributed by atoms with van der Waals surface area (Å²) in [7, 11) is 1.51. The molecule has 0 radical (unpaired) electrons. The maximum atomic E-state index is 14.1. The highest BCUT2D eigenvalue weighted by molar-refractivity contribution is 5.92. The number of rotatable bonds is 9. The van der Waals surface area contributed by atoms with Crippen LogP contribution in [0.4, 0.5) is 4.79 Å². The van der Waals surface area contributed by atoms with Crippen molar-refractivity contribution in [1.82, 2.24) is 25.1 Å². The Bertz CT molecular complexity index is 1460. The Morgan fingerprint density at radius 3 is 2.61 bits per heavy atom. The molecule has 3 aromatic rings. The van der Waals surface area contributed by atoms with Gasteiger partial charge in [-0.05, 0) is 34.0 Å². The van der Waals surface area contributed by atoms with Crippen molar-refractivity contribution in [2.45, 2.75) is 25.2 Å². The molecule has 5 rings (SSSR count). The van der Waals surface area contributed by atoms with Gasteiger partial charge in [0.15, 0.2) is 0 Å². The van der Waals surface area contributed by atoms with E-state index in [4.69, 9.17) is 16.3 Å². The molecule has 2 fully saturated rings. The number of urea groups is 1. The van der Waals surface area contributed by atoms with Gasteiger partial charge in [0.05, 0.1) is 26.2 Å². The van der Waals surface area contributed by atoms with Gasteiger partial charge >= 0.3 is 6.03 Å². The number of fused-ring (bicyclic) bond motifs is 2. The number of nitrogens with one attached hydrogen (secondary N) is 1. The maximum absolute atomic E-state index is 14.1. The zero-order valence-electron chi connectivity index (χ0n) is 22.9. The summed E-state index contributed by atoms with van der Waals surface area (Å²) >= 11 is 0. The third kappa shape index (κ3) is 5.68. The molecule has 2 aliphatic rings. The molecule has 2 aliphatic heterocycles. The summed E-state index contributed by atoms with van der Waals surface area (Å²) in [5, 5.41) is 16.8. The Balaban J connectivity index is 1.49. The molecule has 0 aliphatic carbocycles. The van der Waals surface area contributed by atoms with Gasteiger partial charge in [-0.15, -0.1) is 6.42 Å². The molecule has 0 aromatic heterocycles. The molecule has 2 saturated heterocycles. The van der Waals surface area contributed by atoms with Crippen LogP contribution >= 0.6 is 0 Å². The minimum atomic E-state index is -0.775. The van der Waals surface area contributed by atoms with Crippen molar-refractivity contribution in [2.75, 3.05) is 39.9 Å². The van der Waals surface area contributed by atoms with Crippen molar-refractivity contribution in [3.8, 4) is 18.1 Å². The number of hydrogen-bond donors (Lipinski definition) is 2. The van der Waals surface area contributed by atoms with Gasteiger partial charge in [0.25, 0.3) is 0 Å². The van der Waals surface area contributed by atoms with Gasteiger partial charge < -0.3 is 25.0 Å². The van der Waals surface area contributed by atoms with Crippen LogP contribution in [0, 0.1) is 12.3 Å². The highest BCUT2D eigenvalue weighted by Gasteiger charge is 2.52. The first kappa shape index (κ1) is 28.0. The van der Waals surface area contributed by atoms with Gasteiger partial charge in [0.1, 0.15) is 24.6 Å². The Morgan fingerprint density at radius 2 is 1.88 bits per heavy atom. The zero-order chi connectivity index (χ0) is 28.9. The number of benzene rings is 3. The number of amides is 4. The largest absolute Gasteiger partial charge is 0.491 e. The van der Waals surface area contributed by atoms with Crippen LogP contribution in [0.3, 0.4) is 0 Å². The molecule has 2 N–H and O–H groups in total. The van der Waals surface area contributed by atoms with E-state index in [0.29, 0.717) is 12.3 Å². The predicted octanol–water partition coefficient (Wildman–Crippen LogP) is 1.82. The number of aliphatic hydroxyl groups is 1. The summed E-state index contributed by atoms with van der Waals surface area (Å²) in [6, 6.07) is 20.1. The van der Waals surface area contributed by atoms with Crippen molar-refractivity contribution in [1.29, 1.82) is 0 Å². The fraction of sp³-hybridized carbons (Fsp3) is 0.323.